The van der Waals surface area contributed by atoms with Crippen LogP contribution in [0.2, 0.25) is 0 Å². The Kier molecular flexibility index (Phi) is 6.47. The lowest BCUT2D eigenvalue weighted by Gasteiger charge is -2.17. The van der Waals surface area contributed by atoms with Gasteiger partial charge < -0.3 is 14.2 Å². The fourth-order valence-corrected chi connectivity index (χ4v) is 3.80. The van der Waals surface area contributed by atoms with Crippen LogP contribution >= 0.6 is 0 Å². The summed E-state index contributed by atoms with van der Waals surface area (Å²) in [7, 11) is 3.47. The van der Waals surface area contributed by atoms with Crippen LogP contribution in [0.25, 0.3) is 0 Å². The minimum absolute atomic E-state index is 0.475. The molecule has 1 aromatic carbocycles. The average molecular weight is 356 g/mol. The van der Waals surface area contributed by atoms with E-state index in [0.29, 0.717) is 18.4 Å². The monoisotopic (exact) mass is 356 g/mol. The summed E-state index contributed by atoms with van der Waals surface area (Å²) in [5.74, 6) is 2.56. The molecule has 2 atom stereocenters. The normalized spacial score (nSPS) is 20.3. The molecular weight excluding hydrogens is 328 g/mol. The van der Waals surface area contributed by atoms with Crippen molar-refractivity contribution in [2.45, 2.75) is 19.4 Å². The molecule has 26 heavy (non-hydrogen) atoms. The summed E-state index contributed by atoms with van der Waals surface area (Å²) >= 11 is 0. The van der Waals surface area contributed by atoms with Crippen molar-refractivity contribution in [3.63, 3.8) is 0 Å². The molecule has 0 amide bonds. The number of hydrogen-bond acceptors (Lipinski definition) is 5. The van der Waals surface area contributed by atoms with Gasteiger partial charge in [-0.15, -0.1) is 0 Å². The molecule has 3 rings (SSSR count). The summed E-state index contributed by atoms with van der Waals surface area (Å²) in [5, 5.41) is 0. The first kappa shape index (κ1) is 18.7. The molecule has 5 nitrogen and oxygen atoms in total. The van der Waals surface area contributed by atoms with Gasteiger partial charge in [0.05, 0.1) is 20.3 Å². The molecule has 0 N–H and O–H groups in total. The molecule has 0 saturated carbocycles. The van der Waals surface area contributed by atoms with Crippen molar-refractivity contribution < 1.29 is 14.2 Å². The Morgan fingerprint density at radius 1 is 1.08 bits per heavy atom. The number of benzene rings is 1. The summed E-state index contributed by atoms with van der Waals surface area (Å²) in [5.41, 5.74) is 2.57. The number of methoxy groups -OCH3 is 2. The standard InChI is InChI=1S/C21H28N2O3/c1-4-26-20-6-5-16(11-21(20)25-3)12-23-13-18(15-24-2)19(14-23)17-7-9-22-10-8-17/h5-11,18-19H,4,12-15H2,1-3H3. The quantitative estimate of drug-likeness (QED) is 0.726. The van der Waals surface area contributed by atoms with Gasteiger partial charge in [-0.2, -0.15) is 0 Å². The zero-order valence-electron chi connectivity index (χ0n) is 15.9. The predicted molar refractivity (Wildman–Crippen MR) is 102 cm³/mol. The van der Waals surface area contributed by atoms with Crippen LogP contribution in [0.3, 0.4) is 0 Å². The van der Waals surface area contributed by atoms with Crippen LogP contribution in [0.1, 0.15) is 24.0 Å². The Labute approximate surface area is 155 Å². The summed E-state index contributed by atoms with van der Waals surface area (Å²) in [4.78, 5) is 6.64. The van der Waals surface area contributed by atoms with E-state index in [9.17, 15) is 0 Å². The van der Waals surface area contributed by atoms with Crippen LogP contribution in [-0.2, 0) is 11.3 Å². The molecule has 2 unspecified atom stereocenters. The molecule has 1 aliphatic rings. The first-order valence-corrected chi connectivity index (χ1v) is 9.16. The van der Waals surface area contributed by atoms with Crippen molar-refractivity contribution in [3.8, 4) is 11.5 Å². The number of rotatable bonds is 8. The highest BCUT2D eigenvalue weighted by Gasteiger charge is 2.33. The van der Waals surface area contributed by atoms with E-state index in [4.69, 9.17) is 14.2 Å². The molecular formula is C21H28N2O3. The molecule has 5 heteroatoms. The number of aromatic nitrogens is 1. The second kappa shape index (κ2) is 9.01. The minimum Gasteiger partial charge on any atom is -0.493 e. The maximum absolute atomic E-state index is 5.62. The molecule has 0 bridgehead atoms. The van der Waals surface area contributed by atoms with Crippen molar-refractivity contribution in [2.75, 3.05) is 40.5 Å². The average Bonchev–Trinajstić information content (AvgIpc) is 3.06. The molecule has 140 valence electrons. The van der Waals surface area contributed by atoms with Crippen LogP contribution in [-0.4, -0.2) is 50.4 Å². The first-order chi connectivity index (χ1) is 12.7. The lowest BCUT2D eigenvalue weighted by atomic mass is 9.90. The third-order valence-corrected chi connectivity index (χ3v) is 4.97. The maximum atomic E-state index is 5.62. The van der Waals surface area contributed by atoms with Gasteiger partial charge in [0.25, 0.3) is 0 Å². The van der Waals surface area contributed by atoms with Gasteiger partial charge >= 0.3 is 0 Å². The van der Waals surface area contributed by atoms with Gasteiger partial charge in [0, 0.05) is 51.0 Å². The largest absolute Gasteiger partial charge is 0.493 e. The molecule has 2 aromatic rings. The third kappa shape index (κ3) is 4.34. The van der Waals surface area contributed by atoms with Gasteiger partial charge in [-0.05, 0) is 42.3 Å². The van der Waals surface area contributed by atoms with Crippen LogP contribution in [0, 0.1) is 5.92 Å². The maximum Gasteiger partial charge on any atom is 0.161 e. The van der Waals surface area contributed by atoms with E-state index >= 15 is 0 Å². The van der Waals surface area contributed by atoms with Gasteiger partial charge in [-0.1, -0.05) is 6.07 Å². The number of likely N-dealkylation sites (tertiary alicyclic amines) is 1. The van der Waals surface area contributed by atoms with Crippen LogP contribution in [0.4, 0.5) is 0 Å². The summed E-state index contributed by atoms with van der Waals surface area (Å²) in [6.07, 6.45) is 3.75. The highest BCUT2D eigenvalue weighted by molar-refractivity contribution is 5.43. The van der Waals surface area contributed by atoms with E-state index in [0.717, 1.165) is 37.7 Å². The minimum atomic E-state index is 0.475. The Hall–Kier alpha value is -2.11. The predicted octanol–water partition coefficient (Wildman–Crippen LogP) is 3.35. The van der Waals surface area contributed by atoms with E-state index < -0.39 is 0 Å². The molecule has 1 saturated heterocycles. The smallest absolute Gasteiger partial charge is 0.161 e. The van der Waals surface area contributed by atoms with Crippen LogP contribution in [0.15, 0.2) is 42.7 Å². The first-order valence-electron chi connectivity index (χ1n) is 9.16. The number of pyridine rings is 1. The van der Waals surface area contributed by atoms with E-state index in [2.05, 4.69) is 34.1 Å². The van der Waals surface area contributed by atoms with Crippen LogP contribution < -0.4 is 9.47 Å². The van der Waals surface area contributed by atoms with Gasteiger partial charge in [-0.3, -0.25) is 9.88 Å². The van der Waals surface area contributed by atoms with Gasteiger partial charge in [0.2, 0.25) is 0 Å². The van der Waals surface area contributed by atoms with Gasteiger partial charge in [0.1, 0.15) is 0 Å². The van der Waals surface area contributed by atoms with E-state index in [1.165, 1.54) is 11.1 Å². The van der Waals surface area contributed by atoms with Crippen molar-refractivity contribution in [3.05, 3.63) is 53.9 Å². The highest BCUT2D eigenvalue weighted by Crippen LogP contribution is 2.34. The number of hydrogen-bond donors (Lipinski definition) is 0. The summed E-state index contributed by atoms with van der Waals surface area (Å²) in [6, 6.07) is 10.4. The van der Waals surface area contributed by atoms with Gasteiger partial charge in [0.15, 0.2) is 11.5 Å². The second-order valence-corrected chi connectivity index (χ2v) is 6.71. The second-order valence-electron chi connectivity index (χ2n) is 6.71. The molecule has 0 aliphatic carbocycles. The molecule has 1 fully saturated rings. The Balaban J connectivity index is 1.72. The summed E-state index contributed by atoms with van der Waals surface area (Å²) in [6.45, 7) is 6.32. The van der Waals surface area contributed by atoms with Crippen LogP contribution in [0.5, 0.6) is 11.5 Å². The third-order valence-electron chi connectivity index (χ3n) is 4.97. The zero-order chi connectivity index (χ0) is 18.4. The van der Waals surface area contributed by atoms with Crippen molar-refractivity contribution >= 4 is 0 Å². The molecule has 1 aliphatic heterocycles. The van der Waals surface area contributed by atoms with Crippen molar-refractivity contribution in [1.29, 1.82) is 0 Å². The Morgan fingerprint density at radius 2 is 1.88 bits per heavy atom. The van der Waals surface area contributed by atoms with Crippen molar-refractivity contribution in [1.82, 2.24) is 9.88 Å². The fraction of sp³-hybridized carbons (Fsp3) is 0.476. The van der Waals surface area contributed by atoms with E-state index in [1.54, 1.807) is 14.2 Å². The molecule has 0 radical (unpaired) electrons. The van der Waals surface area contributed by atoms with E-state index in [-0.39, 0.29) is 0 Å². The van der Waals surface area contributed by atoms with Crippen molar-refractivity contribution in [2.24, 2.45) is 5.92 Å². The lowest BCUT2D eigenvalue weighted by molar-refractivity contribution is 0.147. The number of ether oxygens (including phenoxy) is 3. The SMILES string of the molecule is CCOc1ccc(CN2CC(COC)C(c3ccncc3)C2)cc1OC. The van der Waals surface area contributed by atoms with E-state index in [1.807, 2.05) is 25.4 Å². The molecule has 1 aromatic heterocycles. The Morgan fingerprint density at radius 3 is 2.58 bits per heavy atom. The lowest BCUT2D eigenvalue weighted by Crippen LogP contribution is -2.21. The topological polar surface area (TPSA) is 43.8 Å². The zero-order valence-corrected chi connectivity index (χ0v) is 15.9. The van der Waals surface area contributed by atoms with Gasteiger partial charge in [-0.25, -0.2) is 0 Å². The molecule has 0 spiro atoms. The number of nitrogens with zero attached hydrogens (tertiary/aromatic N) is 2. The highest BCUT2D eigenvalue weighted by atomic mass is 16.5. The Bertz CT molecular complexity index is 693. The fourth-order valence-electron chi connectivity index (χ4n) is 3.80. The molecule has 2 heterocycles. The summed E-state index contributed by atoms with van der Waals surface area (Å²) < 4.78 is 16.6.